The van der Waals surface area contributed by atoms with E-state index in [0.717, 1.165) is 47.2 Å². The average Bonchev–Trinajstić information content (AvgIpc) is 2.57. The lowest BCUT2D eigenvalue weighted by Gasteiger charge is -2.14. The van der Waals surface area contributed by atoms with Gasteiger partial charge >= 0.3 is 0 Å². The molecule has 3 rings (SSSR count). The van der Waals surface area contributed by atoms with Gasteiger partial charge in [-0.25, -0.2) is 0 Å². The molecule has 3 heteroatoms. The Labute approximate surface area is 148 Å². The van der Waals surface area contributed by atoms with E-state index >= 15 is 0 Å². The number of nitrogens with zero attached hydrogens (tertiary/aromatic N) is 1. The number of rotatable bonds is 6. The summed E-state index contributed by atoms with van der Waals surface area (Å²) in [6.45, 7) is 7.52. The third-order valence-corrected chi connectivity index (χ3v) is 4.57. The molecule has 0 saturated carbocycles. The molecule has 1 aromatic heterocycles. The lowest BCUT2D eigenvalue weighted by atomic mass is 10.1. The van der Waals surface area contributed by atoms with Gasteiger partial charge in [0.15, 0.2) is 0 Å². The Kier molecular flexibility index (Phi) is 5.22. The maximum atomic E-state index is 12.5. The Balaban J connectivity index is 1.67. The van der Waals surface area contributed by atoms with Crippen molar-refractivity contribution < 1.29 is 4.74 Å². The van der Waals surface area contributed by atoms with Crippen LogP contribution in [0.15, 0.2) is 53.3 Å². The first kappa shape index (κ1) is 17.3. The summed E-state index contributed by atoms with van der Waals surface area (Å²) in [5.41, 5.74) is 4.54. The quantitative estimate of drug-likeness (QED) is 0.607. The Morgan fingerprint density at radius 1 is 0.920 bits per heavy atom. The molecule has 0 aliphatic carbocycles. The normalized spacial score (nSPS) is 11.0. The number of ether oxygens (including phenoxy) is 1. The largest absolute Gasteiger partial charge is 0.494 e. The van der Waals surface area contributed by atoms with Crippen LogP contribution in [0.1, 0.15) is 29.5 Å². The minimum absolute atomic E-state index is 0.0823. The summed E-state index contributed by atoms with van der Waals surface area (Å²) < 4.78 is 7.71. The summed E-state index contributed by atoms with van der Waals surface area (Å²) in [4.78, 5) is 12.5. The Morgan fingerprint density at radius 2 is 1.72 bits per heavy atom. The van der Waals surface area contributed by atoms with E-state index in [-0.39, 0.29) is 5.56 Å². The smallest absolute Gasteiger partial charge is 0.251 e. The lowest BCUT2D eigenvalue weighted by Crippen LogP contribution is -2.21. The van der Waals surface area contributed by atoms with Crippen LogP contribution in [0.25, 0.3) is 10.9 Å². The second-order valence-corrected chi connectivity index (χ2v) is 6.66. The highest BCUT2D eigenvalue weighted by molar-refractivity contribution is 5.85. The standard InChI is InChI=1S/C22H25NO2/c1-16-8-6-10-19(14-16)25-13-5-4-12-23-21(24)15-18(3)20-11-7-9-17(2)22(20)23/h6-11,14-15H,4-5,12-13H2,1-3H3. The van der Waals surface area contributed by atoms with Crippen LogP contribution in [0.4, 0.5) is 0 Å². The number of hydrogen-bond donors (Lipinski definition) is 0. The third-order valence-electron chi connectivity index (χ3n) is 4.57. The lowest BCUT2D eigenvalue weighted by molar-refractivity contribution is 0.303. The van der Waals surface area contributed by atoms with Crippen molar-refractivity contribution in [2.24, 2.45) is 0 Å². The fourth-order valence-electron chi connectivity index (χ4n) is 3.28. The number of hydrogen-bond acceptors (Lipinski definition) is 2. The Hall–Kier alpha value is -2.55. The molecule has 0 atom stereocenters. The second kappa shape index (κ2) is 7.56. The second-order valence-electron chi connectivity index (χ2n) is 6.66. The van der Waals surface area contributed by atoms with Crippen LogP contribution in [0.3, 0.4) is 0 Å². The highest BCUT2D eigenvalue weighted by atomic mass is 16.5. The van der Waals surface area contributed by atoms with Crippen molar-refractivity contribution in [3.05, 3.63) is 75.6 Å². The number of para-hydroxylation sites is 1. The molecule has 0 unspecified atom stereocenters. The van der Waals surface area contributed by atoms with Gasteiger partial charge in [-0.05, 0) is 62.4 Å². The summed E-state index contributed by atoms with van der Waals surface area (Å²) in [5.74, 6) is 0.911. The van der Waals surface area contributed by atoms with Crippen molar-refractivity contribution >= 4 is 10.9 Å². The molecule has 3 aromatic rings. The number of aromatic nitrogens is 1. The topological polar surface area (TPSA) is 31.2 Å². The van der Waals surface area contributed by atoms with E-state index in [9.17, 15) is 4.79 Å². The molecule has 0 bridgehead atoms. The summed E-state index contributed by atoms with van der Waals surface area (Å²) in [6.07, 6.45) is 1.83. The van der Waals surface area contributed by atoms with Crippen LogP contribution >= 0.6 is 0 Å². The SMILES string of the molecule is Cc1cccc(OCCCCn2c(=O)cc(C)c3cccc(C)c32)c1. The first-order valence-electron chi connectivity index (χ1n) is 8.85. The number of aryl methyl sites for hydroxylation is 4. The van der Waals surface area contributed by atoms with Crippen LogP contribution in [0.5, 0.6) is 5.75 Å². The van der Waals surface area contributed by atoms with Gasteiger partial charge in [-0.2, -0.15) is 0 Å². The van der Waals surface area contributed by atoms with Crippen molar-refractivity contribution in [1.29, 1.82) is 0 Å². The molecule has 0 saturated heterocycles. The van der Waals surface area contributed by atoms with E-state index in [2.05, 4.69) is 38.1 Å². The zero-order chi connectivity index (χ0) is 17.8. The van der Waals surface area contributed by atoms with Gasteiger partial charge in [0, 0.05) is 18.0 Å². The van der Waals surface area contributed by atoms with Gasteiger partial charge in [-0.3, -0.25) is 4.79 Å². The monoisotopic (exact) mass is 335 g/mol. The molecular formula is C22H25NO2. The minimum Gasteiger partial charge on any atom is -0.494 e. The summed E-state index contributed by atoms with van der Waals surface area (Å²) in [7, 11) is 0. The molecule has 0 N–H and O–H groups in total. The molecule has 1 heterocycles. The maximum Gasteiger partial charge on any atom is 0.251 e. The van der Waals surface area contributed by atoms with E-state index in [1.807, 2.05) is 29.7 Å². The van der Waals surface area contributed by atoms with Gasteiger partial charge in [0.05, 0.1) is 12.1 Å². The molecule has 3 nitrogen and oxygen atoms in total. The van der Waals surface area contributed by atoms with Crippen molar-refractivity contribution in [1.82, 2.24) is 4.57 Å². The maximum absolute atomic E-state index is 12.5. The zero-order valence-corrected chi connectivity index (χ0v) is 15.2. The average molecular weight is 335 g/mol. The van der Waals surface area contributed by atoms with Gasteiger partial charge in [0.25, 0.3) is 5.56 Å². The van der Waals surface area contributed by atoms with Gasteiger partial charge in [-0.15, -0.1) is 0 Å². The predicted molar refractivity (Wildman–Crippen MR) is 104 cm³/mol. The van der Waals surface area contributed by atoms with Gasteiger partial charge in [0.2, 0.25) is 0 Å². The van der Waals surface area contributed by atoms with Crippen LogP contribution in [0.2, 0.25) is 0 Å². The van der Waals surface area contributed by atoms with Crippen LogP contribution in [-0.4, -0.2) is 11.2 Å². The van der Waals surface area contributed by atoms with Gasteiger partial charge in [0.1, 0.15) is 5.75 Å². The molecular weight excluding hydrogens is 310 g/mol. The summed E-state index contributed by atoms with van der Waals surface area (Å²) in [6, 6.07) is 16.0. The van der Waals surface area contributed by atoms with E-state index in [1.54, 1.807) is 6.07 Å². The zero-order valence-electron chi connectivity index (χ0n) is 15.2. The molecule has 0 fully saturated rings. The van der Waals surface area contributed by atoms with Crippen molar-refractivity contribution in [2.45, 2.75) is 40.2 Å². The highest BCUT2D eigenvalue weighted by Crippen LogP contribution is 2.20. The molecule has 25 heavy (non-hydrogen) atoms. The van der Waals surface area contributed by atoms with Crippen LogP contribution in [0, 0.1) is 20.8 Å². The van der Waals surface area contributed by atoms with Crippen molar-refractivity contribution in [3.63, 3.8) is 0 Å². The fourth-order valence-corrected chi connectivity index (χ4v) is 3.28. The molecule has 0 aliphatic heterocycles. The molecule has 130 valence electrons. The predicted octanol–water partition coefficient (Wildman–Crippen LogP) is 4.79. The van der Waals surface area contributed by atoms with E-state index < -0.39 is 0 Å². The molecule has 0 aliphatic rings. The van der Waals surface area contributed by atoms with E-state index in [1.165, 1.54) is 5.56 Å². The molecule has 0 spiro atoms. The van der Waals surface area contributed by atoms with E-state index in [0.29, 0.717) is 6.61 Å². The summed E-state index contributed by atoms with van der Waals surface area (Å²) in [5, 5.41) is 1.16. The number of pyridine rings is 1. The molecule has 0 amide bonds. The van der Waals surface area contributed by atoms with Crippen LogP contribution in [-0.2, 0) is 6.54 Å². The number of unbranched alkanes of at least 4 members (excludes halogenated alkanes) is 1. The highest BCUT2D eigenvalue weighted by Gasteiger charge is 2.08. The first-order chi connectivity index (χ1) is 12.1. The van der Waals surface area contributed by atoms with Gasteiger partial charge < -0.3 is 9.30 Å². The number of fused-ring (bicyclic) bond motifs is 1. The summed E-state index contributed by atoms with van der Waals surface area (Å²) >= 11 is 0. The molecule has 0 radical (unpaired) electrons. The van der Waals surface area contributed by atoms with E-state index in [4.69, 9.17) is 4.74 Å². The van der Waals surface area contributed by atoms with Gasteiger partial charge in [-0.1, -0.05) is 30.3 Å². The minimum atomic E-state index is 0.0823. The van der Waals surface area contributed by atoms with Crippen molar-refractivity contribution in [2.75, 3.05) is 6.61 Å². The van der Waals surface area contributed by atoms with Crippen LogP contribution < -0.4 is 10.3 Å². The van der Waals surface area contributed by atoms with Crippen molar-refractivity contribution in [3.8, 4) is 5.75 Å². The first-order valence-corrected chi connectivity index (χ1v) is 8.85. The molecule has 2 aromatic carbocycles. The third kappa shape index (κ3) is 3.93. The fraction of sp³-hybridized carbons (Fsp3) is 0.318. The Bertz CT molecular complexity index is 940. The number of benzene rings is 2. The Morgan fingerprint density at radius 3 is 2.52 bits per heavy atom.